The van der Waals surface area contributed by atoms with Gasteiger partial charge >= 0.3 is 0 Å². The van der Waals surface area contributed by atoms with Gasteiger partial charge < -0.3 is 21.4 Å². The van der Waals surface area contributed by atoms with Crippen molar-refractivity contribution in [1.29, 1.82) is 5.41 Å². The maximum atomic E-state index is 7.85. The quantitative estimate of drug-likeness (QED) is 0.238. The number of quaternary nitrogens is 1. The van der Waals surface area contributed by atoms with E-state index < -0.39 is 0 Å². The zero-order chi connectivity index (χ0) is 23.6. The number of likely N-dealkylation sites (tertiary alicyclic amines) is 1. The zero-order valence-corrected chi connectivity index (χ0v) is 20.4. The summed E-state index contributed by atoms with van der Waals surface area (Å²) in [6, 6.07) is 5.61. The number of pyridine rings is 2. The van der Waals surface area contributed by atoms with Crippen molar-refractivity contribution < 1.29 is 10.7 Å². The molecule has 0 amide bonds. The van der Waals surface area contributed by atoms with Crippen LogP contribution in [0.1, 0.15) is 45.1 Å². The van der Waals surface area contributed by atoms with Crippen LogP contribution in [0.2, 0.25) is 0 Å². The van der Waals surface area contributed by atoms with Crippen molar-refractivity contribution in [2.45, 2.75) is 39.5 Å². The number of allylic oxidation sites excluding steroid dienone is 1. The normalized spacial score (nSPS) is 15.5. The highest BCUT2D eigenvalue weighted by molar-refractivity contribution is 8.26. The molecular formula is C24H36N8S+2. The minimum Gasteiger partial charge on any atom is -0.378 e. The number of thioether (sulfide) groups is 1. The molecule has 8 nitrogen and oxygen atoms in total. The van der Waals surface area contributed by atoms with E-state index in [-0.39, 0.29) is 0 Å². The highest BCUT2D eigenvalue weighted by atomic mass is 32.2. The number of amidine groups is 1. The molecule has 176 valence electrons. The summed E-state index contributed by atoms with van der Waals surface area (Å²) in [6.45, 7) is 8.84. The first-order valence-corrected chi connectivity index (χ1v) is 12.4. The molecule has 0 unspecified atom stereocenters. The lowest BCUT2D eigenvalue weighted by Crippen LogP contribution is -2.78. The number of hydrogen-bond acceptors (Lipinski definition) is 6. The Morgan fingerprint density at radius 1 is 1.33 bits per heavy atom. The number of nitrogens with zero attached hydrogens (tertiary/aromatic N) is 4. The Hall–Kier alpha value is -2.62. The number of fused-ring (bicyclic) bond motifs is 1. The third-order valence-electron chi connectivity index (χ3n) is 5.42. The summed E-state index contributed by atoms with van der Waals surface area (Å²) in [6.07, 6.45) is 9.73. The van der Waals surface area contributed by atoms with Gasteiger partial charge in [-0.1, -0.05) is 13.8 Å². The van der Waals surface area contributed by atoms with Gasteiger partial charge in [0.2, 0.25) is 5.04 Å². The third kappa shape index (κ3) is 8.03. The molecule has 1 saturated heterocycles. The van der Waals surface area contributed by atoms with Gasteiger partial charge in [-0.15, -0.1) is 0 Å². The average Bonchev–Trinajstić information content (AvgIpc) is 3.28. The average molecular weight is 469 g/mol. The van der Waals surface area contributed by atoms with Crippen LogP contribution in [-0.2, 0) is 0 Å². The summed E-state index contributed by atoms with van der Waals surface area (Å²) in [7, 11) is 0. The van der Waals surface area contributed by atoms with E-state index in [0.717, 1.165) is 47.6 Å². The highest BCUT2D eigenvalue weighted by Crippen LogP contribution is 2.20. The predicted molar refractivity (Wildman–Crippen MR) is 139 cm³/mol. The minimum absolute atomic E-state index is 0.368. The fraction of sp³-hybridized carbons (Fsp3) is 0.458. The van der Waals surface area contributed by atoms with Crippen molar-refractivity contribution in [2.24, 2.45) is 16.6 Å². The zero-order valence-electron chi connectivity index (χ0n) is 19.6. The third-order valence-corrected chi connectivity index (χ3v) is 6.15. The van der Waals surface area contributed by atoms with E-state index in [9.17, 15) is 0 Å². The van der Waals surface area contributed by atoms with Crippen molar-refractivity contribution in [2.75, 3.05) is 26.2 Å². The topological polar surface area (TPSA) is 133 Å². The molecule has 0 aromatic carbocycles. The van der Waals surface area contributed by atoms with Gasteiger partial charge in [0.05, 0.1) is 23.2 Å². The fourth-order valence-corrected chi connectivity index (χ4v) is 4.63. The largest absolute Gasteiger partial charge is 0.378 e. The number of rotatable bonds is 10. The molecule has 3 heterocycles. The molecule has 2 aromatic heterocycles. The van der Waals surface area contributed by atoms with Gasteiger partial charge in [0.25, 0.3) is 0 Å². The van der Waals surface area contributed by atoms with Crippen molar-refractivity contribution in [3.63, 3.8) is 0 Å². The Bertz CT molecular complexity index is 1020. The summed E-state index contributed by atoms with van der Waals surface area (Å²) in [5.74, 6) is 0.977. The molecule has 0 spiro atoms. The molecule has 0 aliphatic carbocycles. The van der Waals surface area contributed by atoms with Crippen LogP contribution in [0.3, 0.4) is 0 Å². The van der Waals surface area contributed by atoms with Crippen LogP contribution in [0.5, 0.6) is 0 Å². The second-order valence-electron chi connectivity index (χ2n) is 8.74. The Labute approximate surface area is 200 Å². The monoisotopic (exact) mass is 468 g/mol. The molecule has 0 radical (unpaired) electrons. The highest BCUT2D eigenvalue weighted by Gasteiger charge is 2.12. The van der Waals surface area contributed by atoms with Crippen LogP contribution in [-0.4, -0.2) is 57.5 Å². The summed E-state index contributed by atoms with van der Waals surface area (Å²) >= 11 is 1.28. The first kappa shape index (κ1) is 25.0. The first-order chi connectivity index (χ1) is 15.9. The van der Waals surface area contributed by atoms with E-state index in [1.165, 1.54) is 43.9 Å². The predicted octanol–water partition coefficient (Wildman–Crippen LogP) is 1.55. The molecule has 33 heavy (non-hydrogen) atoms. The molecule has 0 saturated carbocycles. The molecule has 1 aliphatic heterocycles. The van der Waals surface area contributed by atoms with Gasteiger partial charge in [-0.3, -0.25) is 10.4 Å². The molecule has 3 rings (SSSR count). The lowest BCUT2D eigenvalue weighted by Gasteiger charge is -2.12. The number of aromatic nitrogens is 2. The summed E-state index contributed by atoms with van der Waals surface area (Å²) in [5.41, 5.74) is 9.22. The molecular weight excluding hydrogens is 432 g/mol. The maximum Gasteiger partial charge on any atom is 0.215 e. The molecule has 1 fully saturated rings. The number of hydrogen-bond donors (Lipinski definition) is 4. The molecule has 9 heteroatoms. The van der Waals surface area contributed by atoms with Gasteiger partial charge in [0.1, 0.15) is 6.20 Å². The second kappa shape index (κ2) is 12.6. The maximum absolute atomic E-state index is 7.85. The molecule has 0 atom stereocenters. The van der Waals surface area contributed by atoms with Crippen molar-refractivity contribution in [3.8, 4) is 0 Å². The second-order valence-corrected chi connectivity index (χ2v) is 9.89. The van der Waals surface area contributed by atoms with E-state index in [4.69, 9.17) is 16.6 Å². The number of aliphatic imine (C=N–C) groups is 1. The van der Waals surface area contributed by atoms with E-state index in [0.29, 0.717) is 22.4 Å². The van der Waals surface area contributed by atoms with E-state index in [1.54, 1.807) is 12.3 Å². The Kier molecular flexibility index (Phi) is 9.53. The van der Waals surface area contributed by atoms with Crippen molar-refractivity contribution in [1.82, 2.24) is 14.9 Å². The molecule has 1 aliphatic rings. The van der Waals surface area contributed by atoms with E-state index in [1.807, 2.05) is 18.3 Å². The van der Waals surface area contributed by atoms with E-state index in [2.05, 4.69) is 39.0 Å². The van der Waals surface area contributed by atoms with Gasteiger partial charge in [-0.05, 0) is 50.0 Å². The summed E-state index contributed by atoms with van der Waals surface area (Å²) < 4.78 is 0. The lowest BCUT2D eigenvalue weighted by atomic mass is 10.1. The SMILES string of the molecule is CC(C)CC(=[NH2+])SC(N)=Nc1ccc2ncc(/C(C=N)=C/[NH2+]CCCN3CCCC3)cc2n1. The molecule has 0 bridgehead atoms. The van der Waals surface area contributed by atoms with Crippen molar-refractivity contribution >= 4 is 50.6 Å². The lowest BCUT2D eigenvalue weighted by molar-refractivity contribution is -0.587. The smallest absolute Gasteiger partial charge is 0.215 e. The molecule has 7 N–H and O–H groups in total. The van der Waals surface area contributed by atoms with Crippen LogP contribution in [0.25, 0.3) is 16.6 Å². The Balaban J connectivity index is 1.65. The van der Waals surface area contributed by atoms with Crippen LogP contribution >= 0.6 is 11.8 Å². The van der Waals surface area contributed by atoms with Gasteiger partial charge in [-0.2, -0.15) is 0 Å². The first-order valence-electron chi connectivity index (χ1n) is 11.6. The van der Waals surface area contributed by atoms with Crippen molar-refractivity contribution in [3.05, 3.63) is 36.2 Å². The minimum atomic E-state index is 0.368. The van der Waals surface area contributed by atoms with Crippen LogP contribution < -0.4 is 16.5 Å². The van der Waals surface area contributed by atoms with E-state index >= 15 is 0 Å². The van der Waals surface area contributed by atoms with Crippen LogP contribution in [0.15, 0.2) is 35.6 Å². The standard InChI is InChI=1S/C24H34N8S/c1-17(2)12-22(26)33-24(27)31-23-7-6-20-21(30-23)13-18(16-29-20)19(14-25)15-28-8-5-11-32-9-3-4-10-32/h6-7,13-17,25-26,28H,3-5,8-12H2,1-2H3,(H2,27,30,31)/p+2/b19-15+,25-14?,26-22?. The Morgan fingerprint density at radius 2 is 2.12 bits per heavy atom. The van der Waals surface area contributed by atoms with Gasteiger partial charge in [0, 0.05) is 49.1 Å². The summed E-state index contributed by atoms with van der Waals surface area (Å²) in [4.78, 5) is 16.0. The number of nitrogens with one attached hydrogen (secondary N) is 1. The fourth-order valence-electron chi connectivity index (χ4n) is 3.81. The Morgan fingerprint density at radius 3 is 2.85 bits per heavy atom. The summed E-state index contributed by atoms with van der Waals surface area (Å²) in [5, 5.41) is 17.1. The molecule has 2 aromatic rings. The van der Waals surface area contributed by atoms with Gasteiger partial charge in [0.15, 0.2) is 11.0 Å². The number of nitrogens with two attached hydrogens (primary N) is 3. The van der Waals surface area contributed by atoms with Crippen LogP contribution in [0.4, 0.5) is 5.82 Å². The van der Waals surface area contributed by atoms with Crippen LogP contribution in [0, 0.1) is 11.3 Å². The van der Waals surface area contributed by atoms with Gasteiger partial charge in [-0.25, -0.2) is 9.98 Å².